The maximum atomic E-state index is 10.8. The molecule has 112 heavy (non-hydrogen) atoms. The van der Waals surface area contributed by atoms with E-state index in [4.69, 9.17) is 54.4 Å². The number of rotatable bonds is 11. The first-order valence-electron chi connectivity index (χ1n) is 34.1. The first-order chi connectivity index (χ1) is 54.9. The number of hydrogen-bond acceptors (Lipinski definition) is 10. The second-order valence-corrected chi connectivity index (χ2v) is 25.7. The number of nitriles is 7. The molecule has 0 amide bonds. The maximum absolute atomic E-state index is 10.8. The van der Waals surface area contributed by atoms with Gasteiger partial charge in [-0.2, -0.15) is 36.8 Å². The third kappa shape index (κ3) is 11.5. The zero-order valence-corrected chi connectivity index (χ0v) is 58.1. The van der Waals surface area contributed by atoms with Crippen molar-refractivity contribution in [1.29, 1.82) is 36.8 Å². The SMILES string of the molecule is [C-]#[N+]c1cc(C#N)c(-c2ccc3c(c2)c2cc(-c4c(C#N)cc(C#N)cc4[N+]#[C-])ccc2n3-c2ccc(-c3nc(-c4ccccc4)nc(-c4ccccc4)n3)cc2-c2cc(-c3ccccc3[N+]#[C-])ccc2-n2c3ccc(-c4c(C#N)cc(C#N)cc4[N+]#[C-])cc3c3cc(-c4c(C#N)cc([N+]#[C-])cc4[N+]#[C-])ccc32)c(C#N)c1. The lowest BCUT2D eigenvalue weighted by atomic mass is 9.92. The van der Waals surface area contributed by atoms with Gasteiger partial charge in [-0.05, 0) is 155 Å². The third-order valence-corrected chi connectivity index (χ3v) is 19.7. The van der Waals surface area contributed by atoms with Crippen molar-refractivity contribution in [2.24, 2.45) is 0 Å². The van der Waals surface area contributed by atoms with E-state index in [1.54, 1.807) is 18.2 Å². The topological polar surface area (TPSA) is 241 Å². The molecule has 3 heterocycles. The highest BCUT2D eigenvalue weighted by Crippen LogP contribution is 2.50. The van der Waals surface area contributed by atoms with E-state index >= 15 is 0 Å². The second-order valence-electron chi connectivity index (χ2n) is 25.7. The minimum Gasteiger partial charge on any atom is -0.309 e. The van der Waals surface area contributed by atoms with Crippen LogP contribution in [0.25, 0.3) is 185 Å². The number of aromatic nitrogens is 5. The van der Waals surface area contributed by atoms with E-state index in [1.807, 2.05) is 176 Å². The van der Waals surface area contributed by atoms with Crippen LogP contribution in [0.3, 0.4) is 0 Å². The van der Waals surface area contributed by atoms with Gasteiger partial charge >= 0.3 is 0 Å². The summed E-state index contributed by atoms with van der Waals surface area (Å²) in [6, 6.07) is 87.2. The van der Waals surface area contributed by atoms with E-state index in [0.717, 1.165) is 11.1 Å². The van der Waals surface area contributed by atoms with Gasteiger partial charge in [0.15, 0.2) is 51.6 Å². The Balaban J connectivity index is 1.07. The first-order valence-corrected chi connectivity index (χ1v) is 34.1. The fourth-order valence-corrected chi connectivity index (χ4v) is 14.8. The second kappa shape index (κ2) is 28.1. The molecule has 18 nitrogen and oxygen atoms in total. The Hall–Kier alpha value is -18.2. The maximum Gasteiger partial charge on any atom is 0.197 e. The number of fused-ring (bicyclic) bond motifs is 6. The summed E-state index contributed by atoms with van der Waals surface area (Å²) in [5.74, 6) is 1.06. The monoisotopic (exact) mass is 1420 g/mol. The summed E-state index contributed by atoms with van der Waals surface area (Å²) < 4.78 is 4.14. The van der Waals surface area contributed by atoms with Gasteiger partial charge in [-0.1, -0.05) is 121 Å². The lowest BCUT2D eigenvalue weighted by Gasteiger charge is -2.21. The van der Waals surface area contributed by atoms with E-state index in [9.17, 15) is 36.8 Å². The average molecular weight is 1420 g/mol. The van der Waals surface area contributed by atoms with Crippen molar-refractivity contribution in [3.05, 3.63) is 350 Å². The minimum absolute atomic E-state index is 0.0629. The number of para-hydroxylation sites is 1. The predicted molar refractivity (Wildman–Crippen MR) is 428 cm³/mol. The Morgan fingerprint density at radius 2 is 0.580 bits per heavy atom. The molecule has 0 aliphatic carbocycles. The van der Waals surface area contributed by atoms with Crippen LogP contribution in [-0.2, 0) is 0 Å². The highest BCUT2D eigenvalue weighted by Gasteiger charge is 2.28. The van der Waals surface area contributed by atoms with Crippen molar-refractivity contribution >= 4 is 77.7 Å². The quantitative estimate of drug-likeness (QED) is 0.111. The first kappa shape index (κ1) is 68.3. The molecule has 16 aromatic rings. The van der Waals surface area contributed by atoms with Gasteiger partial charge in [0.1, 0.15) is 0 Å². The minimum atomic E-state index is 0.0629. The van der Waals surface area contributed by atoms with Gasteiger partial charge in [0.25, 0.3) is 0 Å². The van der Waals surface area contributed by atoms with Crippen LogP contribution in [0.5, 0.6) is 0 Å². The normalized spacial score (nSPS) is 10.6. The molecule has 0 aliphatic rings. The van der Waals surface area contributed by atoms with Crippen LogP contribution >= 0.6 is 0 Å². The van der Waals surface area contributed by atoms with Crippen LogP contribution in [0, 0.1) is 119 Å². The molecular formula is C94H40N18. The smallest absolute Gasteiger partial charge is 0.197 e. The highest BCUT2D eigenvalue weighted by atomic mass is 15.0. The lowest BCUT2D eigenvalue weighted by molar-refractivity contribution is 1.07. The van der Waals surface area contributed by atoms with Crippen molar-refractivity contribution < 1.29 is 0 Å². The molecule has 0 atom stereocenters. The predicted octanol–water partition coefficient (Wildman–Crippen LogP) is 23.5. The Kier molecular flexibility index (Phi) is 17.1. The molecule has 0 saturated carbocycles. The number of hydrogen-bond donors (Lipinski definition) is 0. The Morgan fingerprint density at radius 3 is 0.973 bits per heavy atom. The van der Waals surface area contributed by atoms with Crippen molar-refractivity contribution in [1.82, 2.24) is 24.1 Å². The van der Waals surface area contributed by atoms with Gasteiger partial charge in [0, 0.05) is 88.3 Å². The number of nitrogens with zero attached hydrogens (tertiary/aromatic N) is 18. The summed E-state index contributed by atoms with van der Waals surface area (Å²) in [7, 11) is 0. The molecule has 18 heteroatoms. The van der Waals surface area contributed by atoms with Crippen LogP contribution in [0.15, 0.2) is 243 Å². The van der Waals surface area contributed by atoms with E-state index in [1.165, 1.54) is 48.5 Å². The van der Waals surface area contributed by atoms with E-state index in [-0.39, 0.29) is 84.1 Å². The highest BCUT2D eigenvalue weighted by molar-refractivity contribution is 6.15. The van der Waals surface area contributed by atoms with Gasteiger partial charge in [0.05, 0.1) is 138 Å². The van der Waals surface area contributed by atoms with E-state index in [2.05, 4.69) is 80.7 Å². The largest absolute Gasteiger partial charge is 0.309 e. The van der Waals surface area contributed by atoms with E-state index < -0.39 is 0 Å². The summed E-state index contributed by atoms with van der Waals surface area (Å²) in [6.07, 6.45) is 0. The molecule has 0 aliphatic heterocycles. The fraction of sp³-hybridized carbons (Fsp3) is 0. The molecule has 13 aromatic carbocycles. The molecule has 0 saturated heterocycles. The standard InChI is InChI=1S/C94H40N18/c1-102-69-37-66(51-99)88(67(38-69)52-100)59-22-28-83-73(41-59)74-42-60(89-64(49-97)33-54(47-95)35-79(89)105-4)23-29-84(74)112(83)87-32-26-63(94-109-92(56-15-9-7-10-16-56)108-93(110-94)57-17-11-8-12-18-57)45-77(87)72-40-58(71-19-13-14-20-78(71)104-3)21-27-82(72)111-85-30-24-61(90-65(50-98)34-55(48-96)36-80(90)106-5)43-75(85)76-44-62(25-31-86(76)111)91-68(53-101)39-70(103-2)46-81(91)107-6/h7-46H. The van der Waals surface area contributed by atoms with Crippen LogP contribution in [0.1, 0.15) is 38.9 Å². The van der Waals surface area contributed by atoms with Gasteiger partial charge in [-0.25, -0.2) is 44.0 Å². The molecule has 0 N–H and O–H groups in total. The molecule has 0 bridgehead atoms. The van der Waals surface area contributed by atoms with Crippen LogP contribution in [-0.4, -0.2) is 24.1 Å². The van der Waals surface area contributed by atoms with Gasteiger partial charge in [-0.3, -0.25) is 0 Å². The Bertz CT molecular complexity index is 6990. The van der Waals surface area contributed by atoms with Gasteiger partial charge in [-0.15, -0.1) is 0 Å². The van der Waals surface area contributed by atoms with Gasteiger partial charge < -0.3 is 9.13 Å². The van der Waals surface area contributed by atoms with Crippen molar-refractivity contribution in [3.8, 4) is 155 Å². The van der Waals surface area contributed by atoms with Crippen molar-refractivity contribution in [3.63, 3.8) is 0 Å². The Labute approximate surface area is 639 Å². The summed E-state index contributed by atoms with van der Waals surface area (Å²) >= 11 is 0. The average Bonchev–Trinajstić information content (AvgIpc) is 1.56. The molecule has 16 rings (SSSR count). The molecule has 506 valence electrons. The Morgan fingerprint density at radius 1 is 0.250 bits per heavy atom. The molecule has 0 spiro atoms. The van der Waals surface area contributed by atoms with Crippen LogP contribution < -0.4 is 0 Å². The zero-order chi connectivity index (χ0) is 77.4. The molecule has 0 radical (unpaired) electrons. The molecule has 0 fully saturated rings. The lowest BCUT2D eigenvalue weighted by Crippen LogP contribution is -2.04. The molecule has 0 unspecified atom stereocenters. The summed E-state index contributed by atoms with van der Waals surface area (Å²) in [6.45, 7) is 49.4. The summed E-state index contributed by atoms with van der Waals surface area (Å²) in [5, 5.41) is 76.4. The number of benzene rings is 13. The van der Waals surface area contributed by atoms with Crippen LogP contribution in [0.4, 0.5) is 34.1 Å². The van der Waals surface area contributed by atoms with E-state index in [0.29, 0.717) is 134 Å². The van der Waals surface area contributed by atoms with Crippen LogP contribution in [0.2, 0.25) is 0 Å². The zero-order valence-electron chi connectivity index (χ0n) is 58.1. The molecule has 3 aromatic heterocycles. The summed E-state index contributed by atoms with van der Waals surface area (Å²) in [4.78, 5) is 38.3. The fourth-order valence-electron chi connectivity index (χ4n) is 14.8. The van der Waals surface area contributed by atoms with Crippen molar-refractivity contribution in [2.75, 3.05) is 0 Å². The molecular weight excluding hydrogens is 1380 g/mol. The van der Waals surface area contributed by atoms with Gasteiger partial charge in [0.2, 0.25) is 0 Å². The summed E-state index contributed by atoms with van der Waals surface area (Å²) in [5.41, 5.74) is 12.3. The van der Waals surface area contributed by atoms with Crippen molar-refractivity contribution in [2.45, 2.75) is 0 Å². The third-order valence-electron chi connectivity index (χ3n) is 19.7.